The Morgan fingerprint density at radius 2 is 1.41 bits per heavy atom. The third kappa shape index (κ3) is 15.9. The highest BCUT2D eigenvalue weighted by atomic mass is 16.5. The highest BCUT2D eigenvalue weighted by Crippen LogP contribution is 2.20. The molecule has 1 aromatic carbocycles. The van der Waals surface area contributed by atoms with Gasteiger partial charge in [-0.1, -0.05) is 82.2 Å². The van der Waals surface area contributed by atoms with Crippen molar-refractivity contribution in [3.05, 3.63) is 35.9 Å². The second kappa shape index (κ2) is 18.7. The minimum absolute atomic E-state index is 0.121. The van der Waals surface area contributed by atoms with E-state index >= 15 is 0 Å². The number of esters is 1. The number of carbonyl (C=O) groups is 2. The van der Waals surface area contributed by atoms with E-state index in [0.29, 0.717) is 13.0 Å². The zero-order valence-corrected chi connectivity index (χ0v) is 20.2. The Morgan fingerprint density at radius 1 is 0.812 bits per heavy atom. The number of rotatable bonds is 20. The molecule has 1 aromatic rings. The summed E-state index contributed by atoms with van der Waals surface area (Å²) in [5.41, 5.74) is 1.18. The van der Waals surface area contributed by atoms with Gasteiger partial charge in [-0.2, -0.15) is 0 Å². The molecule has 0 aliphatic rings. The summed E-state index contributed by atoms with van der Waals surface area (Å²) in [6, 6.07) is 10.2. The summed E-state index contributed by atoms with van der Waals surface area (Å²) in [7, 11) is 0. The van der Waals surface area contributed by atoms with Gasteiger partial charge in [0.25, 0.3) is 0 Å². The Balaban J connectivity index is 2.49. The van der Waals surface area contributed by atoms with Crippen LogP contribution in [0.15, 0.2) is 30.3 Å². The number of hydrogen-bond acceptors (Lipinski definition) is 4. The van der Waals surface area contributed by atoms with E-state index in [1.807, 2.05) is 18.2 Å². The minimum atomic E-state index is -0.755. The fraction of sp³-hybridized carbons (Fsp3) is 0.704. The van der Waals surface area contributed by atoms with Crippen LogP contribution in [-0.4, -0.2) is 29.3 Å². The number of unbranched alkanes of at least 4 members (excludes halogenated alkanes) is 7. The van der Waals surface area contributed by atoms with Crippen molar-refractivity contribution >= 4 is 11.9 Å². The molecule has 5 heteroatoms. The molecule has 1 rings (SSSR count). The lowest BCUT2D eigenvalue weighted by atomic mass is 10.00. The summed E-state index contributed by atoms with van der Waals surface area (Å²) in [5, 5.41) is 8.77. The lowest BCUT2D eigenvalue weighted by molar-refractivity contribution is -0.147. The normalized spacial score (nSPS) is 12.9. The maximum atomic E-state index is 11.6. The van der Waals surface area contributed by atoms with Gasteiger partial charge in [-0.25, -0.2) is 0 Å². The number of benzene rings is 1. The smallest absolute Gasteiger partial charge is 0.303 e. The molecule has 0 radical (unpaired) electrons. The van der Waals surface area contributed by atoms with Gasteiger partial charge in [0, 0.05) is 13.3 Å². The highest BCUT2D eigenvalue weighted by molar-refractivity contribution is 5.66. The Kier molecular flexibility index (Phi) is 16.4. The summed E-state index contributed by atoms with van der Waals surface area (Å²) in [5.74, 6) is -1.01. The molecule has 2 unspecified atom stereocenters. The van der Waals surface area contributed by atoms with Crippen LogP contribution in [0.2, 0.25) is 0 Å². The number of carboxylic acid groups (broad SMARTS) is 1. The van der Waals surface area contributed by atoms with E-state index in [2.05, 4.69) is 19.1 Å². The molecule has 0 aliphatic carbocycles. The average Bonchev–Trinajstić information content (AvgIpc) is 2.77. The summed E-state index contributed by atoms with van der Waals surface area (Å²) in [6.45, 7) is 4.30. The van der Waals surface area contributed by atoms with Gasteiger partial charge in [0.2, 0.25) is 0 Å². The van der Waals surface area contributed by atoms with E-state index in [-0.39, 0.29) is 24.6 Å². The van der Waals surface area contributed by atoms with Crippen molar-refractivity contribution in [3.63, 3.8) is 0 Å². The van der Waals surface area contributed by atoms with E-state index in [9.17, 15) is 9.59 Å². The fourth-order valence-corrected chi connectivity index (χ4v) is 3.95. The standard InChI is InChI=1S/C27H44O5/c1-3-4-5-6-7-12-17-25(31-22-24-15-10-8-11-16-24)20-21-26(32-23(2)28)18-13-9-14-19-27(29)30/h8,10-11,15-16,25-26H,3-7,9,12-14,17-22H2,1-2H3,(H,29,30). The van der Waals surface area contributed by atoms with E-state index < -0.39 is 5.97 Å². The highest BCUT2D eigenvalue weighted by Gasteiger charge is 2.17. The molecule has 2 atom stereocenters. The number of carboxylic acids is 1. The van der Waals surface area contributed by atoms with Crippen LogP contribution in [0.25, 0.3) is 0 Å². The Labute approximate surface area is 194 Å². The maximum Gasteiger partial charge on any atom is 0.303 e. The van der Waals surface area contributed by atoms with E-state index in [1.54, 1.807) is 0 Å². The zero-order chi connectivity index (χ0) is 23.4. The lowest BCUT2D eigenvalue weighted by Gasteiger charge is -2.22. The van der Waals surface area contributed by atoms with Crippen LogP contribution in [0.3, 0.4) is 0 Å². The zero-order valence-electron chi connectivity index (χ0n) is 20.2. The van der Waals surface area contributed by atoms with E-state index in [0.717, 1.165) is 44.9 Å². The minimum Gasteiger partial charge on any atom is -0.481 e. The van der Waals surface area contributed by atoms with E-state index in [4.69, 9.17) is 14.6 Å². The number of carbonyl (C=O) groups excluding carboxylic acids is 1. The molecule has 32 heavy (non-hydrogen) atoms. The molecule has 0 bridgehead atoms. The summed E-state index contributed by atoms with van der Waals surface area (Å²) in [4.78, 5) is 22.2. The van der Waals surface area contributed by atoms with Crippen molar-refractivity contribution in [3.8, 4) is 0 Å². The first kappa shape index (κ1) is 28.2. The molecule has 182 valence electrons. The SMILES string of the molecule is CCCCCCCCC(CCC(CCCCCC(=O)O)OC(C)=O)OCc1ccccc1. The molecule has 0 fully saturated rings. The molecule has 0 heterocycles. The second-order valence-electron chi connectivity index (χ2n) is 8.78. The topological polar surface area (TPSA) is 72.8 Å². The molecular formula is C27H44O5. The van der Waals surface area contributed by atoms with Crippen LogP contribution in [0.4, 0.5) is 0 Å². The van der Waals surface area contributed by atoms with Gasteiger partial charge in [-0.05, 0) is 44.1 Å². The molecular weight excluding hydrogens is 404 g/mol. The molecule has 0 spiro atoms. The first-order valence-corrected chi connectivity index (χ1v) is 12.6. The van der Waals surface area contributed by atoms with Crippen LogP contribution in [0, 0.1) is 0 Å². The Morgan fingerprint density at radius 3 is 2.06 bits per heavy atom. The molecule has 0 saturated heterocycles. The van der Waals surface area contributed by atoms with Crippen molar-refractivity contribution in [2.24, 2.45) is 0 Å². The van der Waals surface area contributed by atoms with Gasteiger partial charge in [0.1, 0.15) is 6.10 Å². The van der Waals surface area contributed by atoms with Crippen molar-refractivity contribution in [1.82, 2.24) is 0 Å². The number of aliphatic carboxylic acids is 1. The van der Waals surface area contributed by atoms with Crippen LogP contribution < -0.4 is 0 Å². The fourth-order valence-electron chi connectivity index (χ4n) is 3.95. The van der Waals surface area contributed by atoms with Crippen LogP contribution in [0.1, 0.15) is 109 Å². The van der Waals surface area contributed by atoms with Gasteiger partial charge >= 0.3 is 11.9 Å². The molecule has 0 aromatic heterocycles. The number of hydrogen-bond donors (Lipinski definition) is 1. The van der Waals surface area contributed by atoms with Crippen LogP contribution >= 0.6 is 0 Å². The van der Waals surface area contributed by atoms with E-state index in [1.165, 1.54) is 44.6 Å². The Hall–Kier alpha value is -1.88. The predicted molar refractivity (Wildman–Crippen MR) is 129 cm³/mol. The molecule has 0 aliphatic heterocycles. The van der Waals surface area contributed by atoms with Crippen molar-refractivity contribution in [2.75, 3.05) is 0 Å². The largest absolute Gasteiger partial charge is 0.481 e. The average molecular weight is 449 g/mol. The maximum absolute atomic E-state index is 11.6. The molecule has 0 saturated carbocycles. The van der Waals surface area contributed by atoms with Crippen molar-refractivity contribution < 1.29 is 24.2 Å². The molecule has 5 nitrogen and oxygen atoms in total. The summed E-state index contributed by atoms with van der Waals surface area (Å²) >= 11 is 0. The summed E-state index contributed by atoms with van der Waals surface area (Å²) in [6.07, 6.45) is 13.7. The monoisotopic (exact) mass is 448 g/mol. The first-order chi connectivity index (χ1) is 15.5. The van der Waals surface area contributed by atoms with Gasteiger partial charge in [0.05, 0.1) is 12.7 Å². The lowest BCUT2D eigenvalue weighted by Crippen LogP contribution is -2.21. The third-order valence-corrected chi connectivity index (χ3v) is 5.77. The van der Waals surface area contributed by atoms with Crippen molar-refractivity contribution in [1.29, 1.82) is 0 Å². The van der Waals surface area contributed by atoms with Crippen LogP contribution in [0.5, 0.6) is 0 Å². The van der Waals surface area contributed by atoms with Gasteiger partial charge in [-0.3, -0.25) is 9.59 Å². The second-order valence-corrected chi connectivity index (χ2v) is 8.78. The Bertz CT molecular complexity index is 601. The van der Waals surface area contributed by atoms with Gasteiger partial charge in [-0.15, -0.1) is 0 Å². The van der Waals surface area contributed by atoms with Gasteiger partial charge in [0.15, 0.2) is 0 Å². The van der Waals surface area contributed by atoms with Gasteiger partial charge < -0.3 is 14.6 Å². The quantitative estimate of drug-likeness (QED) is 0.171. The van der Waals surface area contributed by atoms with Crippen molar-refractivity contribution in [2.45, 2.75) is 123 Å². The molecule has 0 amide bonds. The first-order valence-electron chi connectivity index (χ1n) is 12.6. The number of ether oxygens (including phenoxy) is 2. The third-order valence-electron chi connectivity index (χ3n) is 5.77. The summed E-state index contributed by atoms with van der Waals surface area (Å²) < 4.78 is 11.8. The predicted octanol–water partition coefficient (Wildman–Crippen LogP) is 7.07. The van der Waals surface area contributed by atoms with Crippen LogP contribution in [-0.2, 0) is 25.7 Å². The molecule has 1 N–H and O–H groups in total.